The fourth-order valence-electron chi connectivity index (χ4n) is 3.15. The van der Waals surface area contributed by atoms with Gasteiger partial charge in [-0.05, 0) is 31.7 Å². The van der Waals surface area contributed by atoms with Crippen molar-refractivity contribution in [3.8, 4) is 0 Å². The number of ether oxygens (including phenoxy) is 2. The highest BCUT2D eigenvalue weighted by molar-refractivity contribution is 5.72. The number of carbonyl (C=O) groups excluding carboxylic acids is 1. The van der Waals surface area contributed by atoms with Gasteiger partial charge in [0.15, 0.2) is 0 Å². The Morgan fingerprint density at radius 2 is 2.10 bits per heavy atom. The molecule has 1 aromatic rings. The Bertz CT molecular complexity index is 462. The summed E-state index contributed by atoms with van der Waals surface area (Å²) in [7, 11) is 0. The van der Waals surface area contributed by atoms with Crippen LogP contribution in [0.25, 0.3) is 0 Å². The van der Waals surface area contributed by atoms with Gasteiger partial charge < -0.3 is 9.47 Å². The minimum Gasteiger partial charge on any atom is -0.450 e. The molecule has 1 aliphatic heterocycles. The van der Waals surface area contributed by atoms with E-state index in [1.807, 2.05) is 30.0 Å². The monoisotopic (exact) mass is 275 g/mol. The van der Waals surface area contributed by atoms with E-state index in [-0.39, 0.29) is 18.2 Å². The maximum atomic E-state index is 11.8. The number of benzene rings is 1. The van der Waals surface area contributed by atoms with Crippen LogP contribution in [0.1, 0.15) is 31.7 Å². The zero-order chi connectivity index (χ0) is 13.9. The van der Waals surface area contributed by atoms with E-state index in [1.165, 1.54) is 5.56 Å². The van der Waals surface area contributed by atoms with E-state index >= 15 is 0 Å². The second kappa shape index (κ2) is 5.83. The number of likely N-dealkylation sites (tertiary alicyclic amines) is 1. The molecule has 2 fully saturated rings. The fourth-order valence-corrected chi connectivity index (χ4v) is 3.15. The molecule has 1 heterocycles. The molecule has 0 bridgehead atoms. The second-order valence-corrected chi connectivity index (χ2v) is 5.43. The SMILES string of the molecule is CCOC(=O)N1[C@H]2[C@@H](OCc3ccccc3)CCC[C@H]21. The second-order valence-electron chi connectivity index (χ2n) is 5.43. The van der Waals surface area contributed by atoms with Crippen molar-refractivity contribution < 1.29 is 14.3 Å². The van der Waals surface area contributed by atoms with Gasteiger partial charge in [0.25, 0.3) is 0 Å². The molecule has 1 amide bonds. The molecule has 2 aliphatic rings. The van der Waals surface area contributed by atoms with Crippen molar-refractivity contribution in [3.63, 3.8) is 0 Å². The van der Waals surface area contributed by atoms with Crippen LogP contribution in [0.5, 0.6) is 0 Å². The summed E-state index contributed by atoms with van der Waals surface area (Å²) in [5, 5.41) is 0. The highest BCUT2D eigenvalue weighted by atomic mass is 16.6. The van der Waals surface area contributed by atoms with Gasteiger partial charge in [-0.1, -0.05) is 30.3 Å². The van der Waals surface area contributed by atoms with Gasteiger partial charge in [-0.15, -0.1) is 0 Å². The summed E-state index contributed by atoms with van der Waals surface area (Å²) in [6.07, 6.45) is 3.20. The number of hydrogen-bond acceptors (Lipinski definition) is 3. The standard InChI is InChI=1S/C16H21NO3/c1-2-19-16(18)17-13-9-6-10-14(15(13)17)20-11-12-7-4-3-5-8-12/h3-5,7-8,13-15H,2,6,9-11H2,1H3/t13-,14+,15-,17?/m1/s1. The van der Waals surface area contributed by atoms with Crippen LogP contribution >= 0.6 is 0 Å². The van der Waals surface area contributed by atoms with Crippen molar-refractivity contribution in [3.05, 3.63) is 35.9 Å². The molecule has 3 rings (SSSR count). The largest absolute Gasteiger partial charge is 0.450 e. The molecular formula is C16H21NO3. The molecule has 0 aromatic heterocycles. The van der Waals surface area contributed by atoms with Gasteiger partial charge in [0.05, 0.1) is 31.4 Å². The number of carbonyl (C=O) groups is 1. The first kappa shape index (κ1) is 13.4. The first-order valence-electron chi connectivity index (χ1n) is 7.42. The number of hydrogen-bond donors (Lipinski definition) is 0. The first-order chi connectivity index (χ1) is 9.81. The van der Waals surface area contributed by atoms with E-state index < -0.39 is 0 Å². The Labute approximate surface area is 119 Å². The highest BCUT2D eigenvalue weighted by Crippen LogP contribution is 2.42. The van der Waals surface area contributed by atoms with Crippen LogP contribution in [-0.2, 0) is 16.1 Å². The summed E-state index contributed by atoms with van der Waals surface area (Å²) in [5.41, 5.74) is 1.18. The Kier molecular flexibility index (Phi) is 3.92. The number of nitrogens with zero attached hydrogens (tertiary/aromatic N) is 1. The Morgan fingerprint density at radius 1 is 1.30 bits per heavy atom. The van der Waals surface area contributed by atoms with E-state index in [1.54, 1.807) is 0 Å². The zero-order valence-electron chi connectivity index (χ0n) is 11.8. The van der Waals surface area contributed by atoms with Gasteiger partial charge in [0.1, 0.15) is 0 Å². The van der Waals surface area contributed by atoms with E-state index in [4.69, 9.17) is 9.47 Å². The van der Waals surface area contributed by atoms with Gasteiger partial charge in [-0.2, -0.15) is 0 Å². The van der Waals surface area contributed by atoms with Gasteiger partial charge in [0.2, 0.25) is 0 Å². The van der Waals surface area contributed by atoms with Gasteiger partial charge in [-0.25, -0.2) is 4.79 Å². The predicted molar refractivity (Wildman–Crippen MR) is 75.3 cm³/mol. The molecule has 0 unspecified atom stereocenters. The van der Waals surface area contributed by atoms with E-state index in [2.05, 4.69) is 12.1 Å². The molecule has 0 spiro atoms. The molecule has 1 saturated carbocycles. The zero-order valence-corrected chi connectivity index (χ0v) is 11.8. The molecular weight excluding hydrogens is 254 g/mol. The summed E-state index contributed by atoms with van der Waals surface area (Å²) < 4.78 is 11.1. The fraction of sp³-hybridized carbons (Fsp3) is 0.562. The topological polar surface area (TPSA) is 38.5 Å². The lowest BCUT2D eigenvalue weighted by molar-refractivity contribution is 0.0197. The molecule has 4 heteroatoms. The van der Waals surface area contributed by atoms with Crippen molar-refractivity contribution in [1.82, 2.24) is 4.90 Å². The lowest BCUT2D eigenvalue weighted by Gasteiger charge is -2.20. The summed E-state index contributed by atoms with van der Waals surface area (Å²) in [6.45, 7) is 2.89. The van der Waals surface area contributed by atoms with Crippen LogP contribution in [0.4, 0.5) is 4.79 Å². The summed E-state index contributed by atoms with van der Waals surface area (Å²) in [4.78, 5) is 13.7. The molecule has 4 nitrogen and oxygen atoms in total. The van der Waals surface area contributed by atoms with Crippen LogP contribution in [0.2, 0.25) is 0 Å². The summed E-state index contributed by atoms with van der Waals surface area (Å²) >= 11 is 0. The lowest BCUT2D eigenvalue weighted by Crippen LogP contribution is -2.27. The van der Waals surface area contributed by atoms with Crippen LogP contribution in [0, 0.1) is 0 Å². The van der Waals surface area contributed by atoms with E-state index in [9.17, 15) is 4.79 Å². The summed E-state index contributed by atoms with van der Waals surface area (Å²) in [6, 6.07) is 10.7. The normalized spacial score (nSPS) is 27.9. The third-order valence-electron chi connectivity index (χ3n) is 4.14. The van der Waals surface area contributed by atoms with Crippen molar-refractivity contribution in [2.45, 2.75) is 51.0 Å². The highest BCUT2D eigenvalue weighted by Gasteiger charge is 2.57. The number of amides is 1. The maximum Gasteiger partial charge on any atom is 0.410 e. The molecule has 0 N–H and O–H groups in total. The Balaban J connectivity index is 1.56. The summed E-state index contributed by atoms with van der Waals surface area (Å²) in [5.74, 6) is 0. The van der Waals surface area contributed by atoms with Gasteiger partial charge in [0, 0.05) is 0 Å². The first-order valence-corrected chi connectivity index (χ1v) is 7.42. The van der Waals surface area contributed by atoms with Crippen LogP contribution in [0.3, 0.4) is 0 Å². The van der Waals surface area contributed by atoms with Gasteiger partial charge >= 0.3 is 6.09 Å². The minimum absolute atomic E-state index is 0.151. The van der Waals surface area contributed by atoms with Crippen molar-refractivity contribution in [2.24, 2.45) is 0 Å². The van der Waals surface area contributed by atoms with Crippen LogP contribution in [0.15, 0.2) is 30.3 Å². The van der Waals surface area contributed by atoms with Gasteiger partial charge in [-0.3, -0.25) is 4.90 Å². The smallest absolute Gasteiger partial charge is 0.410 e. The van der Waals surface area contributed by atoms with E-state index in [0.717, 1.165) is 19.3 Å². The van der Waals surface area contributed by atoms with Crippen LogP contribution in [-0.4, -0.2) is 35.8 Å². The minimum atomic E-state index is -0.183. The Hall–Kier alpha value is -1.55. The van der Waals surface area contributed by atoms with E-state index in [0.29, 0.717) is 19.3 Å². The maximum absolute atomic E-state index is 11.8. The predicted octanol–water partition coefficient (Wildman–Crippen LogP) is 2.97. The molecule has 108 valence electrons. The third-order valence-corrected chi connectivity index (χ3v) is 4.14. The Morgan fingerprint density at radius 3 is 2.85 bits per heavy atom. The molecule has 3 atom stereocenters. The average Bonchev–Trinajstić information content (AvgIpc) is 3.21. The molecule has 1 aromatic carbocycles. The van der Waals surface area contributed by atoms with Crippen molar-refractivity contribution >= 4 is 6.09 Å². The lowest BCUT2D eigenvalue weighted by atomic mass is 9.98. The quantitative estimate of drug-likeness (QED) is 0.793. The third kappa shape index (κ3) is 2.66. The molecule has 0 radical (unpaired) electrons. The molecule has 1 aliphatic carbocycles. The van der Waals surface area contributed by atoms with Crippen LogP contribution < -0.4 is 0 Å². The average molecular weight is 275 g/mol. The molecule has 20 heavy (non-hydrogen) atoms. The number of rotatable bonds is 4. The number of fused-ring (bicyclic) bond motifs is 1. The molecule has 1 saturated heterocycles. The van der Waals surface area contributed by atoms with Crippen molar-refractivity contribution in [1.29, 1.82) is 0 Å². The van der Waals surface area contributed by atoms with Crippen molar-refractivity contribution in [2.75, 3.05) is 6.61 Å².